The van der Waals surface area contributed by atoms with Gasteiger partial charge in [0.25, 0.3) is 0 Å². The molecule has 0 N–H and O–H groups in total. The quantitative estimate of drug-likeness (QED) is 0.574. The standard InChI is InChI=1S/C12H9BrINO/c13-8-9-3-2-6-15-12(9)16-11-5-1-4-10(14)7-11/h1-7H,8H2. The Morgan fingerprint density at radius 3 is 2.88 bits per heavy atom. The highest BCUT2D eigenvalue weighted by molar-refractivity contribution is 14.1. The first kappa shape index (κ1) is 11.9. The molecule has 2 rings (SSSR count). The molecule has 0 aliphatic carbocycles. The lowest BCUT2D eigenvalue weighted by Crippen LogP contribution is -1.92. The SMILES string of the molecule is BrCc1cccnc1Oc1cccc(I)c1. The summed E-state index contributed by atoms with van der Waals surface area (Å²) in [5, 5.41) is 0.736. The summed E-state index contributed by atoms with van der Waals surface area (Å²) in [6.45, 7) is 0. The topological polar surface area (TPSA) is 22.1 Å². The second kappa shape index (κ2) is 5.63. The molecule has 2 aromatic rings. The molecule has 1 aromatic carbocycles. The molecule has 0 bridgehead atoms. The van der Waals surface area contributed by atoms with Gasteiger partial charge >= 0.3 is 0 Å². The van der Waals surface area contributed by atoms with Crippen LogP contribution in [-0.2, 0) is 5.33 Å². The smallest absolute Gasteiger partial charge is 0.223 e. The molecule has 1 heterocycles. The summed E-state index contributed by atoms with van der Waals surface area (Å²) >= 11 is 5.67. The molecule has 2 nitrogen and oxygen atoms in total. The van der Waals surface area contributed by atoms with Gasteiger partial charge in [-0.25, -0.2) is 4.98 Å². The van der Waals surface area contributed by atoms with Gasteiger partial charge in [-0.05, 0) is 46.9 Å². The number of ether oxygens (including phenoxy) is 1. The lowest BCUT2D eigenvalue weighted by Gasteiger charge is -2.07. The van der Waals surface area contributed by atoms with E-state index in [1.165, 1.54) is 0 Å². The minimum Gasteiger partial charge on any atom is -0.439 e. The molecule has 0 saturated heterocycles. The maximum Gasteiger partial charge on any atom is 0.223 e. The number of aromatic nitrogens is 1. The first-order valence-corrected chi connectivity index (χ1v) is 6.93. The van der Waals surface area contributed by atoms with Crippen LogP contribution < -0.4 is 4.74 Å². The van der Waals surface area contributed by atoms with Gasteiger partial charge in [0, 0.05) is 20.7 Å². The predicted molar refractivity (Wildman–Crippen MR) is 76.1 cm³/mol. The zero-order chi connectivity index (χ0) is 11.4. The molecule has 0 aliphatic rings. The number of rotatable bonds is 3. The third-order valence-corrected chi connectivity index (χ3v) is 3.28. The van der Waals surface area contributed by atoms with Crippen LogP contribution in [0, 0.1) is 3.57 Å². The Kier molecular flexibility index (Phi) is 4.17. The minimum atomic E-state index is 0.654. The van der Waals surface area contributed by atoms with Gasteiger partial charge in [0.1, 0.15) is 5.75 Å². The first-order valence-electron chi connectivity index (χ1n) is 4.73. The van der Waals surface area contributed by atoms with E-state index < -0.39 is 0 Å². The summed E-state index contributed by atoms with van der Waals surface area (Å²) in [5.74, 6) is 1.47. The molecule has 0 aliphatic heterocycles. The van der Waals surface area contributed by atoms with Gasteiger partial charge in [-0.2, -0.15) is 0 Å². The van der Waals surface area contributed by atoms with Crippen LogP contribution in [-0.4, -0.2) is 4.98 Å². The summed E-state index contributed by atoms with van der Waals surface area (Å²) in [7, 11) is 0. The van der Waals surface area contributed by atoms with Gasteiger partial charge in [-0.1, -0.05) is 28.1 Å². The fourth-order valence-electron chi connectivity index (χ4n) is 1.26. The van der Waals surface area contributed by atoms with Crippen molar-refractivity contribution in [1.82, 2.24) is 4.98 Å². The Morgan fingerprint density at radius 1 is 1.25 bits per heavy atom. The lowest BCUT2D eigenvalue weighted by molar-refractivity contribution is 0.458. The third kappa shape index (κ3) is 2.95. The van der Waals surface area contributed by atoms with Crippen LogP contribution in [0.4, 0.5) is 0 Å². The largest absolute Gasteiger partial charge is 0.439 e. The van der Waals surface area contributed by atoms with Crippen molar-refractivity contribution in [3.8, 4) is 11.6 Å². The second-order valence-electron chi connectivity index (χ2n) is 3.16. The summed E-state index contributed by atoms with van der Waals surface area (Å²) < 4.78 is 6.88. The summed E-state index contributed by atoms with van der Waals surface area (Å²) in [5.41, 5.74) is 1.04. The van der Waals surface area contributed by atoms with Crippen LogP contribution in [0.5, 0.6) is 11.6 Å². The molecule has 16 heavy (non-hydrogen) atoms. The fraction of sp³-hybridized carbons (Fsp3) is 0.0833. The van der Waals surface area contributed by atoms with E-state index in [1.807, 2.05) is 36.4 Å². The Morgan fingerprint density at radius 2 is 2.12 bits per heavy atom. The normalized spacial score (nSPS) is 10.1. The van der Waals surface area contributed by atoms with Gasteiger partial charge in [0.2, 0.25) is 5.88 Å². The number of nitrogens with zero attached hydrogens (tertiary/aromatic N) is 1. The van der Waals surface area contributed by atoms with Crippen molar-refractivity contribution in [3.63, 3.8) is 0 Å². The number of halogens is 2. The van der Waals surface area contributed by atoms with Gasteiger partial charge in [0.05, 0.1) is 0 Å². The van der Waals surface area contributed by atoms with E-state index in [4.69, 9.17) is 4.74 Å². The van der Waals surface area contributed by atoms with Crippen LogP contribution in [0.2, 0.25) is 0 Å². The summed E-state index contributed by atoms with van der Waals surface area (Å²) in [6.07, 6.45) is 1.73. The van der Waals surface area contributed by atoms with Crippen LogP contribution in [0.15, 0.2) is 42.6 Å². The van der Waals surface area contributed by atoms with E-state index in [2.05, 4.69) is 43.5 Å². The third-order valence-electron chi connectivity index (χ3n) is 2.00. The van der Waals surface area contributed by atoms with Gasteiger partial charge in [-0.15, -0.1) is 0 Å². The van der Waals surface area contributed by atoms with Crippen molar-refractivity contribution < 1.29 is 4.74 Å². The molecule has 0 amide bonds. The highest BCUT2D eigenvalue weighted by Gasteiger charge is 2.04. The summed E-state index contributed by atoms with van der Waals surface area (Å²) in [4.78, 5) is 4.22. The van der Waals surface area contributed by atoms with E-state index in [0.29, 0.717) is 5.88 Å². The lowest BCUT2D eigenvalue weighted by atomic mass is 10.3. The Labute approximate surface area is 116 Å². The molecule has 0 unspecified atom stereocenters. The highest BCUT2D eigenvalue weighted by atomic mass is 127. The van der Waals surface area contributed by atoms with Crippen LogP contribution in [0.25, 0.3) is 0 Å². The maximum atomic E-state index is 5.74. The number of hydrogen-bond acceptors (Lipinski definition) is 2. The van der Waals surface area contributed by atoms with Gasteiger partial charge in [0.15, 0.2) is 0 Å². The Balaban J connectivity index is 2.26. The molecule has 0 atom stereocenters. The first-order chi connectivity index (χ1) is 7.79. The van der Waals surface area contributed by atoms with Gasteiger partial charge in [-0.3, -0.25) is 0 Å². The average Bonchev–Trinajstić information content (AvgIpc) is 2.30. The zero-order valence-corrected chi connectivity index (χ0v) is 12.1. The van der Waals surface area contributed by atoms with Crippen molar-refractivity contribution in [1.29, 1.82) is 0 Å². The number of hydrogen-bond donors (Lipinski definition) is 0. The van der Waals surface area contributed by atoms with Crippen molar-refractivity contribution in [2.24, 2.45) is 0 Å². The van der Waals surface area contributed by atoms with Crippen LogP contribution in [0.3, 0.4) is 0 Å². The van der Waals surface area contributed by atoms with Crippen molar-refractivity contribution in [2.45, 2.75) is 5.33 Å². The average molecular weight is 390 g/mol. The van der Waals surface area contributed by atoms with E-state index in [9.17, 15) is 0 Å². The maximum absolute atomic E-state index is 5.74. The number of benzene rings is 1. The molecule has 1 aromatic heterocycles. The van der Waals surface area contributed by atoms with Crippen LogP contribution in [0.1, 0.15) is 5.56 Å². The molecule has 82 valence electrons. The number of alkyl halides is 1. The van der Waals surface area contributed by atoms with E-state index in [1.54, 1.807) is 6.20 Å². The molecular formula is C12H9BrINO. The second-order valence-corrected chi connectivity index (χ2v) is 4.97. The molecule has 0 fully saturated rings. The molecule has 0 spiro atoms. The fourth-order valence-corrected chi connectivity index (χ4v) is 2.20. The molecular weight excluding hydrogens is 381 g/mol. The minimum absolute atomic E-state index is 0.654. The monoisotopic (exact) mass is 389 g/mol. The Hall–Kier alpha value is -0.620. The van der Waals surface area contributed by atoms with E-state index in [0.717, 1.165) is 20.2 Å². The highest BCUT2D eigenvalue weighted by Crippen LogP contribution is 2.25. The Bertz CT molecular complexity index is 490. The number of pyridine rings is 1. The van der Waals surface area contributed by atoms with Crippen molar-refractivity contribution in [2.75, 3.05) is 0 Å². The van der Waals surface area contributed by atoms with E-state index in [-0.39, 0.29) is 0 Å². The van der Waals surface area contributed by atoms with Crippen molar-refractivity contribution in [3.05, 3.63) is 51.7 Å². The summed E-state index contributed by atoms with van der Waals surface area (Å²) in [6, 6.07) is 11.8. The predicted octanol–water partition coefficient (Wildman–Crippen LogP) is 4.37. The van der Waals surface area contributed by atoms with Gasteiger partial charge < -0.3 is 4.74 Å². The zero-order valence-electron chi connectivity index (χ0n) is 8.36. The van der Waals surface area contributed by atoms with Crippen LogP contribution >= 0.6 is 38.5 Å². The van der Waals surface area contributed by atoms with Crippen molar-refractivity contribution >= 4 is 38.5 Å². The van der Waals surface area contributed by atoms with E-state index >= 15 is 0 Å². The molecule has 0 saturated carbocycles. The molecule has 0 radical (unpaired) electrons. The molecule has 4 heteroatoms.